The zero-order valence-corrected chi connectivity index (χ0v) is 11.2. The van der Waals surface area contributed by atoms with E-state index in [0.29, 0.717) is 0 Å². The third-order valence-corrected chi connectivity index (χ3v) is 3.31. The van der Waals surface area contributed by atoms with Gasteiger partial charge in [-0.05, 0) is 36.0 Å². The third-order valence-electron chi connectivity index (χ3n) is 3.31. The normalized spacial score (nSPS) is 10.5. The zero-order chi connectivity index (χ0) is 12.6. The fraction of sp³-hybridized carbons (Fsp3) is 0.333. The summed E-state index contributed by atoms with van der Waals surface area (Å²) in [6.07, 6.45) is 6.21. The van der Waals surface area contributed by atoms with Crippen LogP contribution in [-0.2, 0) is 12.8 Å². The summed E-state index contributed by atoms with van der Waals surface area (Å²) >= 11 is 0. The number of hydrogen-bond acceptors (Lipinski definition) is 0. The smallest absolute Gasteiger partial charge is 0.00257 e. The van der Waals surface area contributed by atoms with Crippen molar-refractivity contribution in [1.82, 2.24) is 0 Å². The van der Waals surface area contributed by atoms with Gasteiger partial charge < -0.3 is 0 Å². The predicted molar refractivity (Wildman–Crippen MR) is 78.9 cm³/mol. The summed E-state index contributed by atoms with van der Waals surface area (Å²) in [5.41, 5.74) is 4.30. The average molecular weight is 238 g/mol. The molecule has 94 valence electrons. The molecule has 0 spiro atoms. The van der Waals surface area contributed by atoms with Gasteiger partial charge in [0.15, 0.2) is 0 Å². The van der Waals surface area contributed by atoms with Gasteiger partial charge in [0.05, 0.1) is 0 Å². The lowest BCUT2D eigenvalue weighted by molar-refractivity contribution is 0.717. The quantitative estimate of drug-likeness (QED) is 0.620. The summed E-state index contributed by atoms with van der Waals surface area (Å²) in [5.74, 6) is 0. The summed E-state index contributed by atoms with van der Waals surface area (Å²) in [7, 11) is 0. The van der Waals surface area contributed by atoms with Gasteiger partial charge in [-0.3, -0.25) is 0 Å². The average Bonchev–Trinajstić information content (AvgIpc) is 2.41. The Hall–Kier alpha value is -1.56. The number of hydrogen-bond donors (Lipinski definition) is 0. The highest BCUT2D eigenvalue weighted by atomic mass is 14.0. The Bertz CT molecular complexity index is 456. The van der Waals surface area contributed by atoms with Crippen LogP contribution in [0.15, 0.2) is 54.6 Å². The molecule has 0 aliphatic carbocycles. The number of unbranched alkanes of at least 4 members (excludes halogenated alkanes) is 2. The molecule has 0 saturated carbocycles. The van der Waals surface area contributed by atoms with Crippen LogP contribution in [0.3, 0.4) is 0 Å². The topological polar surface area (TPSA) is 0 Å². The molecule has 0 amide bonds. The first-order valence-electron chi connectivity index (χ1n) is 7.00. The van der Waals surface area contributed by atoms with Crippen LogP contribution in [0.2, 0.25) is 0 Å². The molecule has 0 unspecified atom stereocenters. The van der Waals surface area contributed by atoms with Crippen LogP contribution in [0.5, 0.6) is 0 Å². The second-order valence-corrected chi connectivity index (χ2v) is 4.94. The van der Waals surface area contributed by atoms with Crippen molar-refractivity contribution in [2.45, 2.75) is 39.0 Å². The van der Waals surface area contributed by atoms with E-state index in [4.69, 9.17) is 0 Å². The van der Waals surface area contributed by atoms with Crippen molar-refractivity contribution in [3.8, 4) is 0 Å². The maximum atomic E-state index is 2.36. The Labute approximate surface area is 111 Å². The molecule has 0 heteroatoms. The molecule has 0 heterocycles. The van der Waals surface area contributed by atoms with Crippen molar-refractivity contribution in [2.24, 2.45) is 0 Å². The van der Waals surface area contributed by atoms with Gasteiger partial charge in [-0.2, -0.15) is 0 Å². The first kappa shape index (κ1) is 12.9. The Balaban J connectivity index is 1.99. The van der Waals surface area contributed by atoms with Crippen LogP contribution in [0, 0.1) is 0 Å². The van der Waals surface area contributed by atoms with E-state index in [-0.39, 0.29) is 0 Å². The van der Waals surface area contributed by atoms with Crippen LogP contribution in [0.25, 0.3) is 0 Å². The molecule has 0 aromatic heterocycles. The van der Waals surface area contributed by atoms with Gasteiger partial charge in [0, 0.05) is 0 Å². The minimum absolute atomic E-state index is 1.04. The fourth-order valence-electron chi connectivity index (χ4n) is 2.31. The Morgan fingerprint density at radius 2 is 1.44 bits per heavy atom. The lowest BCUT2D eigenvalue weighted by atomic mass is 10.0. The molecule has 0 atom stereocenters. The summed E-state index contributed by atoms with van der Waals surface area (Å²) in [6.45, 7) is 2.26. The van der Waals surface area contributed by atoms with Crippen LogP contribution >= 0.6 is 0 Å². The molecule has 0 saturated heterocycles. The van der Waals surface area contributed by atoms with E-state index in [1.54, 1.807) is 0 Å². The van der Waals surface area contributed by atoms with Crippen LogP contribution in [-0.4, -0.2) is 0 Å². The monoisotopic (exact) mass is 238 g/mol. The van der Waals surface area contributed by atoms with Gasteiger partial charge in [0.25, 0.3) is 0 Å². The molecule has 0 aliphatic rings. The van der Waals surface area contributed by atoms with Gasteiger partial charge in [0.2, 0.25) is 0 Å². The van der Waals surface area contributed by atoms with Crippen molar-refractivity contribution < 1.29 is 0 Å². The molecule has 0 N–H and O–H groups in total. The van der Waals surface area contributed by atoms with Crippen molar-refractivity contribution in [2.75, 3.05) is 0 Å². The third kappa shape index (κ3) is 4.03. The van der Waals surface area contributed by atoms with Gasteiger partial charge in [-0.1, -0.05) is 74.4 Å². The molecule has 0 aliphatic heterocycles. The van der Waals surface area contributed by atoms with Crippen molar-refractivity contribution in [3.05, 3.63) is 71.3 Å². The van der Waals surface area contributed by atoms with E-state index in [9.17, 15) is 0 Å². The highest BCUT2D eigenvalue weighted by molar-refractivity contribution is 5.29. The summed E-state index contributed by atoms with van der Waals surface area (Å²) in [4.78, 5) is 0. The Morgan fingerprint density at radius 1 is 0.722 bits per heavy atom. The number of rotatable bonds is 6. The van der Waals surface area contributed by atoms with Crippen molar-refractivity contribution in [1.29, 1.82) is 0 Å². The maximum absolute atomic E-state index is 2.36. The molecule has 0 nitrogen and oxygen atoms in total. The largest absolute Gasteiger partial charge is 0.0654 e. The summed E-state index contributed by atoms with van der Waals surface area (Å²) < 4.78 is 0. The fourth-order valence-corrected chi connectivity index (χ4v) is 2.31. The Kier molecular flexibility index (Phi) is 5.01. The molecule has 2 rings (SSSR count). The van der Waals surface area contributed by atoms with Crippen LogP contribution in [0.1, 0.15) is 42.9 Å². The summed E-state index contributed by atoms with van der Waals surface area (Å²) in [5, 5.41) is 0. The molecule has 0 radical (unpaired) electrons. The van der Waals surface area contributed by atoms with E-state index in [2.05, 4.69) is 61.5 Å². The lowest BCUT2D eigenvalue weighted by Gasteiger charge is -2.05. The lowest BCUT2D eigenvalue weighted by Crippen LogP contribution is -1.91. The van der Waals surface area contributed by atoms with E-state index < -0.39 is 0 Å². The number of aryl methyl sites for hydroxylation is 1. The van der Waals surface area contributed by atoms with E-state index in [1.807, 2.05) is 0 Å². The molecular weight excluding hydrogens is 216 g/mol. The molecule has 18 heavy (non-hydrogen) atoms. The zero-order valence-electron chi connectivity index (χ0n) is 11.2. The standard InChI is InChI=1S/C18H22/c1-2-3-5-9-17-12-8-13-18(15-17)14-16-10-6-4-7-11-16/h4,6-8,10-13,15H,2-3,5,9,14H2,1H3. The minimum atomic E-state index is 1.04. The van der Waals surface area contributed by atoms with E-state index >= 15 is 0 Å². The van der Waals surface area contributed by atoms with Crippen LogP contribution in [0.4, 0.5) is 0 Å². The predicted octanol–water partition coefficient (Wildman–Crippen LogP) is 5.01. The first-order valence-corrected chi connectivity index (χ1v) is 7.00. The molecule has 0 bridgehead atoms. The minimum Gasteiger partial charge on any atom is -0.0654 e. The highest BCUT2D eigenvalue weighted by Crippen LogP contribution is 2.13. The van der Waals surface area contributed by atoms with Crippen molar-refractivity contribution >= 4 is 0 Å². The SMILES string of the molecule is CCCCCc1cccc(Cc2ccccc2)c1. The van der Waals surface area contributed by atoms with E-state index in [0.717, 1.165) is 6.42 Å². The number of benzene rings is 2. The maximum Gasteiger partial charge on any atom is -0.00257 e. The second kappa shape index (κ2) is 7.00. The van der Waals surface area contributed by atoms with Crippen LogP contribution < -0.4 is 0 Å². The molecule has 2 aromatic carbocycles. The molecule has 0 fully saturated rings. The van der Waals surface area contributed by atoms with Gasteiger partial charge in [-0.25, -0.2) is 0 Å². The van der Waals surface area contributed by atoms with Gasteiger partial charge >= 0.3 is 0 Å². The highest BCUT2D eigenvalue weighted by Gasteiger charge is 1.98. The molecule has 2 aromatic rings. The second-order valence-electron chi connectivity index (χ2n) is 4.94. The van der Waals surface area contributed by atoms with E-state index in [1.165, 1.54) is 42.4 Å². The first-order chi connectivity index (χ1) is 8.88. The molecular formula is C18H22. The van der Waals surface area contributed by atoms with Gasteiger partial charge in [0.1, 0.15) is 0 Å². The summed E-state index contributed by atoms with van der Waals surface area (Å²) in [6, 6.07) is 19.7. The van der Waals surface area contributed by atoms with Crippen molar-refractivity contribution in [3.63, 3.8) is 0 Å². The Morgan fingerprint density at radius 3 is 2.22 bits per heavy atom. The van der Waals surface area contributed by atoms with Gasteiger partial charge in [-0.15, -0.1) is 0 Å².